The molecular weight excluding hydrogens is 1690 g/mol. The molecule has 3 fully saturated rings. The SMILES string of the molecule is Cc1c(C(=O)NCCC(=O)NCCCC[C@@H](NC(=O)[C@H](Cc2ccc(O)cc2)NC(=O)[C@H](CO)NC(=O)[C@H](Cc2c[nH]c3ccccc23)NC(=O)[C@H](Cc2cnc[nH]2)NC(=O)[C@@H]2CCC(=O)N2)C(=O)N[C@@H](CC(C)C)C(=O)N[C@@H](CCCNC(=N)N)C(=O)N2CCC[C@H]2C(=O)NCC(N)=O)c(O)cc2c1C(=O)c1c(O)c([C@@H]3O[C@H](CO)[C@@H](O)[C@H](O)[C@H]3O)c(O)c(O)c1C2=O. The van der Waals surface area contributed by atoms with E-state index in [1.807, 2.05) is 0 Å². The van der Waals surface area contributed by atoms with Crippen LogP contribution in [-0.4, -0.2) is 290 Å². The Balaban J connectivity index is 0.872. The Bertz CT molecular complexity index is 5220. The third kappa shape index (κ3) is 24.1. The van der Waals surface area contributed by atoms with Gasteiger partial charge in [0.15, 0.2) is 29.0 Å². The van der Waals surface area contributed by atoms with E-state index in [2.05, 4.69) is 78.8 Å². The second-order valence-corrected chi connectivity index (χ2v) is 32.3. The van der Waals surface area contributed by atoms with Crippen LogP contribution in [-0.2, 0) is 81.5 Å². The zero-order valence-corrected chi connectivity index (χ0v) is 70.5. The summed E-state index contributed by atoms with van der Waals surface area (Å²) in [4.78, 5) is 222. The van der Waals surface area contributed by atoms with E-state index in [4.69, 9.17) is 21.6 Å². The number of likely N-dealkylation sites (tertiary alicyclic amines) is 1. The fourth-order valence-corrected chi connectivity index (χ4v) is 15.9. The highest BCUT2D eigenvalue weighted by molar-refractivity contribution is 6.32. The molecule has 3 saturated heterocycles. The Hall–Kier alpha value is -13.9. The van der Waals surface area contributed by atoms with Gasteiger partial charge < -0.3 is 146 Å². The van der Waals surface area contributed by atoms with Gasteiger partial charge in [-0.25, -0.2) is 4.98 Å². The molecule has 694 valence electrons. The van der Waals surface area contributed by atoms with Crippen molar-refractivity contribution in [2.45, 2.75) is 196 Å². The first-order valence-corrected chi connectivity index (χ1v) is 41.8. The van der Waals surface area contributed by atoms with Crippen LogP contribution < -0.4 is 75.3 Å². The molecule has 29 N–H and O–H groups in total. The van der Waals surface area contributed by atoms with Crippen LogP contribution >= 0.6 is 0 Å². The highest BCUT2D eigenvalue weighted by Gasteiger charge is 2.50. The average Bonchev–Trinajstić information content (AvgIpc) is 1.39. The molecule has 6 aromatic rings. The molecule has 0 spiro atoms. The number of fused-ring (bicyclic) bond motifs is 3. The smallest absolute Gasteiger partial charge is 0.255 e. The maximum Gasteiger partial charge on any atom is 0.255 e. The Labute approximate surface area is 735 Å². The number of ketones is 2. The number of primary amides is 1. The minimum Gasteiger partial charge on any atom is -0.508 e. The van der Waals surface area contributed by atoms with Gasteiger partial charge in [0.2, 0.25) is 70.9 Å². The lowest BCUT2D eigenvalue weighted by Crippen LogP contribution is -2.61. The number of aromatic amines is 2. The van der Waals surface area contributed by atoms with E-state index in [9.17, 15) is 113 Å². The number of hydrogen-bond donors (Lipinski definition) is 27. The van der Waals surface area contributed by atoms with Gasteiger partial charge in [0, 0.05) is 98.4 Å². The molecule has 14 atom stereocenters. The molecule has 0 unspecified atom stereocenters. The van der Waals surface area contributed by atoms with Crippen molar-refractivity contribution in [3.8, 4) is 28.7 Å². The number of nitrogens with two attached hydrogens (primary N) is 2. The number of carbonyl (C=O) groups excluding carboxylic acids is 15. The summed E-state index contributed by atoms with van der Waals surface area (Å²) >= 11 is 0. The van der Waals surface area contributed by atoms with Crippen LogP contribution in [0.1, 0.15) is 161 Å². The van der Waals surface area contributed by atoms with Crippen LogP contribution in [0.15, 0.2) is 73.3 Å². The second-order valence-electron chi connectivity index (χ2n) is 32.3. The summed E-state index contributed by atoms with van der Waals surface area (Å²) < 4.78 is 5.47. The Morgan fingerprint density at radius 2 is 1.25 bits per heavy atom. The van der Waals surface area contributed by atoms with Crippen LogP contribution in [0.25, 0.3) is 10.9 Å². The summed E-state index contributed by atoms with van der Waals surface area (Å²) in [5.41, 5.74) is 7.64. The first kappa shape index (κ1) is 97.3. The Kier molecular flexibility index (Phi) is 33.2. The number of benzene rings is 4. The van der Waals surface area contributed by atoms with Gasteiger partial charge in [-0.2, -0.15) is 0 Å². The number of para-hydroxylation sites is 1. The van der Waals surface area contributed by atoms with Gasteiger partial charge in [-0.1, -0.05) is 44.2 Å². The molecule has 13 amide bonds. The zero-order valence-electron chi connectivity index (χ0n) is 70.5. The van der Waals surface area contributed by atoms with E-state index in [0.717, 1.165) is 13.0 Å². The van der Waals surface area contributed by atoms with Gasteiger partial charge >= 0.3 is 0 Å². The van der Waals surface area contributed by atoms with Crippen molar-refractivity contribution in [1.29, 1.82) is 5.41 Å². The molecule has 2 aromatic heterocycles. The first-order valence-electron chi connectivity index (χ1n) is 41.8. The number of aliphatic hydroxyl groups is 5. The minimum atomic E-state index is -2.17. The van der Waals surface area contributed by atoms with Gasteiger partial charge in [0.1, 0.15) is 102 Å². The number of ether oxygens (including phenoxy) is 1. The van der Waals surface area contributed by atoms with Gasteiger partial charge in [-0.3, -0.25) is 77.3 Å². The third-order valence-electron chi connectivity index (χ3n) is 22.6. The van der Waals surface area contributed by atoms with E-state index in [-0.39, 0.29) is 113 Å². The number of guanidine groups is 1. The average molecular weight is 1800 g/mol. The zero-order chi connectivity index (χ0) is 93.9. The highest BCUT2D eigenvalue weighted by Crippen LogP contribution is 2.52. The Morgan fingerprint density at radius 1 is 0.628 bits per heavy atom. The quantitative estimate of drug-likeness (QED) is 0.00559. The first-order chi connectivity index (χ1) is 61.4. The number of aromatic nitrogens is 3. The van der Waals surface area contributed by atoms with Gasteiger partial charge in [0.05, 0.1) is 48.3 Å². The highest BCUT2D eigenvalue weighted by atomic mass is 16.5. The minimum absolute atomic E-state index is 0.0238. The van der Waals surface area contributed by atoms with Gasteiger partial charge in [0.25, 0.3) is 5.91 Å². The molecule has 129 heavy (non-hydrogen) atoms. The summed E-state index contributed by atoms with van der Waals surface area (Å²) in [6.45, 7) is 1.44. The predicted octanol–water partition coefficient (Wildman–Crippen LogP) is -5.28. The van der Waals surface area contributed by atoms with Crippen LogP contribution in [0.2, 0.25) is 0 Å². The number of hydrogen-bond acceptors (Lipinski definition) is 28. The molecule has 4 aromatic carbocycles. The van der Waals surface area contributed by atoms with E-state index < -0.39 is 269 Å². The van der Waals surface area contributed by atoms with Crippen LogP contribution in [0.3, 0.4) is 0 Å². The number of rotatable bonds is 42. The van der Waals surface area contributed by atoms with Crippen LogP contribution in [0, 0.1) is 18.3 Å². The number of aromatic hydroxyl groups is 5. The van der Waals surface area contributed by atoms with Crippen LogP contribution in [0.5, 0.6) is 28.7 Å². The van der Waals surface area contributed by atoms with E-state index in [1.165, 1.54) is 41.7 Å². The molecule has 4 aliphatic rings. The molecule has 0 saturated carbocycles. The fraction of sp³-hybridized carbons (Fsp3) is 0.464. The maximum absolute atomic E-state index is 15.3. The molecule has 0 bridgehead atoms. The number of carbonyl (C=O) groups is 15. The molecule has 0 radical (unpaired) electrons. The number of phenolic OH excluding ortho intramolecular Hbond substituents is 5. The predicted molar refractivity (Wildman–Crippen MR) is 451 cm³/mol. The number of imidazole rings is 1. The molecule has 1 aliphatic carbocycles. The monoisotopic (exact) mass is 1800 g/mol. The molecule has 10 rings (SSSR count). The summed E-state index contributed by atoms with van der Waals surface area (Å²) in [6, 6.07) is -0.240. The lowest BCUT2D eigenvalue weighted by atomic mass is 9.77. The number of aliphatic hydroxyl groups excluding tert-OH is 5. The summed E-state index contributed by atoms with van der Waals surface area (Å²) in [6.07, 6.45) is -6.57. The lowest BCUT2D eigenvalue weighted by molar-refractivity contribution is -0.232. The van der Waals surface area contributed by atoms with Gasteiger partial charge in [-0.15, -0.1) is 0 Å². The molecule has 45 nitrogen and oxygen atoms in total. The third-order valence-corrected chi connectivity index (χ3v) is 22.6. The molecule has 3 aliphatic heterocycles. The Morgan fingerprint density at radius 3 is 1.90 bits per heavy atom. The number of nitrogens with zero attached hydrogens (tertiary/aromatic N) is 2. The van der Waals surface area contributed by atoms with E-state index in [1.54, 1.807) is 44.3 Å². The summed E-state index contributed by atoms with van der Waals surface area (Å²) in [5.74, 6) is -19.5. The fourth-order valence-electron chi connectivity index (χ4n) is 15.9. The van der Waals surface area contributed by atoms with Crippen molar-refractivity contribution < 1.29 is 128 Å². The number of unbranched alkanes of at least 4 members (excludes halogenated alkanes) is 1. The van der Waals surface area contributed by atoms with E-state index in [0.29, 0.717) is 34.1 Å². The van der Waals surface area contributed by atoms with E-state index >= 15 is 9.59 Å². The molecule has 5 heterocycles. The van der Waals surface area contributed by atoms with Crippen molar-refractivity contribution in [3.05, 3.63) is 129 Å². The molecule has 45 heteroatoms. The number of H-pyrrole nitrogens is 2. The summed E-state index contributed by atoms with van der Waals surface area (Å²) in [5, 5.41) is 148. The number of phenols is 5. The lowest BCUT2D eigenvalue weighted by Gasteiger charge is -2.40. The number of amides is 13. The molecular formula is C84H107N19O26. The van der Waals surface area contributed by atoms with Crippen molar-refractivity contribution in [2.24, 2.45) is 17.4 Å². The van der Waals surface area contributed by atoms with Crippen molar-refractivity contribution in [2.75, 3.05) is 45.9 Å². The standard InChI is InChI=1S/C84H107N19O26/c1-37(2)26-49(76(121)97-48(13-8-23-91-84(86)87)83(128)103-25-9-14-54(103)81(126)93-33-57(85)108)98-74(119)46(12-6-7-22-89-58(109)21-24-90-82(127)61-38(3)60-44(30-55(61)107)65(111)62-63(67(60)113)68(114)64(70(116)69(62)115)73-72(118)71(117)66(112)56(35-105)129-73)96-77(122)50(27-39-15-17-42(106)18-16-39)99-80(125)53(34-104)102-78(123)51(28-40-31-92-45-11-5-4-10-43(40)45)100-79(124)52(29-41-32-88-36-94-41)101-75(120)47-19-20-59(110)95-47/h4-5,10-11,15-18,30-32,36-37,46-54,56,66,71-73,92,104-107,112,114-118H,6-9,12-14,19-29,33-35H2,1-3H3,(H2,85,108)(H,88,94)(H,89,109)(H,90,127)(H,93,126)(H,95,110)(H,96,122)(H,97,121)(H,98,119)(H,99,125)(H,100,124)(H,101,120)(H,102,123)(H4,86,87,91)/t46-,47+,48+,49+,50+,51+,52+,53+,54+,56-,66-,71+,72-,73+/m1/s1. The second kappa shape index (κ2) is 44.0. The van der Waals surface area contributed by atoms with Gasteiger partial charge in [-0.05, 0) is 112 Å². The topological polar surface area (TPSA) is 736 Å². The van der Waals surface area contributed by atoms with Crippen LogP contribution in [0.4, 0.5) is 0 Å². The number of nitrogens with one attached hydrogen (secondary N) is 15. The largest absolute Gasteiger partial charge is 0.508 e. The van der Waals surface area contributed by atoms with Crippen molar-refractivity contribution in [3.63, 3.8) is 0 Å². The maximum atomic E-state index is 15.3. The van der Waals surface area contributed by atoms with Crippen molar-refractivity contribution >= 4 is 105 Å². The normalized spacial score (nSPS) is 19.2. The summed E-state index contributed by atoms with van der Waals surface area (Å²) in [7, 11) is 0. The van der Waals surface area contributed by atoms with Crippen molar-refractivity contribution in [1.82, 2.24) is 83.7 Å².